The molecule has 146 valence electrons. The minimum Gasteiger partial charge on any atom is -0.347 e. The van der Waals surface area contributed by atoms with Crippen LogP contribution in [-0.4, -0.2) is 12.8 Å². The minimum atomic E-state index is -0.232. The molecule has 3 aromatic rings. The van der Waals surface area contributed by atoms with Crippen LogP contribution in [0.3, 0.4) is 0 Å². The molecule has 4 rings (SSSR count). The fourth-order valence-corrected chi connectivity index (χ4v) is 4.16. The van der Waals surface area contributed by atoms with E-state index in [2.05, 4.69) is 44.0 Å². The normalized spacial score (nSPS) is 16.9. The lowest BCUT2D eigenvalue weighted by atomic mass is 9.83. The zero-order valence-corrected chi connectivity index (χ0v) is 18.2. The highest BCUT2D eigenvalue weighted by atomic mass is 35.5. The minimum absolute atomic E-state index is 0.232. The Morgan fingerprint density at radius 2 is 1.48 bits per heavy atom. The number of para-hydroxylation sites is 1. The number of rotatable bonds is 3. The summed E-state index contributed by atoms with van der Waals surface area (Å²) in [7, 11) is 2.06. The highest BCUT2D eigenvalue weighted by Crippen LogP contribution is 2.49. The van der Waals surface area contributed by atoms with E-state index in [-0.39, 0.29) is 5.41 Å². The molecular weight excluding hydrogens is 399 g/mol. The SMILES string of the molecule is CN1C(=C/C(=N/c2ccccc2)c2ccccc2)C(C)(C)c2cc(Cl)c(Cl)cc21. The van der Waals surface area contributed by atoms with Crippen molar-refractivity contribution in [1.82, 2.24) is 0 Å². The van der Waals surface area contributed by atoms with Crippen LogP contribution in [0, 0.1) is 0 Å². The number of allylic oxidation sites excluding steroid dienone is 2. The number of benzene rings is 3. The van der Waals surface area contributed by atoms with Gasteiger partial charge >= 0.3 is 0 Å². The summed E-state index contributed by atoms with van der Waals surface area (Å²) in [6.45, 7) is 4.41. The molecular formula is C25H22Cl2N2. The molecule has 0 aliphatic carbocycles. The van der Waals surface area contributed by atoms with Crippen molar-refractivity contribution in [2.24, 2.45) is 4.99 Å². The molecule has 0 unspecified atom stereocenters. The van der Waals surface area contributed by atoms with Crippen LogP contribution in [0.15, 0.2) is 89.6 Å². The fourth-order valence-electron chi connectivity index (χ4n) is 3.84. The first-order valence-corrected chi connectivity index (χ1v) is 10.3. The summed E-state index contributed by atoms with van der Waals surface area (Å²) in [5, 5.41) is 1.14. The highest BCUT2D eigenvalue weighted by Gasteiger charge is 2.39. The number of nitrogens with zero attached hydrogens (tertiary/aromatic N) is 2. The van der Waals surface area contributed by atoms with Gasteiger partial charge in [-0.05, 0) is 35.9 Å². The van der Waals surface area contributed by atoms with Gasteiger partial charge in [-0.15, -0.1) is 0 Å². The van der Waals surface area contributed by atoms with Crippen LogP contribution in [0.5, 0.6) is 0 Å². The van der Waals surface area contributed by atoms with Crippen LogP contribution in [0.4, 0.5) is 11.4 Å². The van der Waals surface area contributed by atoms with Gasteiger partial charge in [0, 0.05) is 29.4 Å². The molecule has 0 saturated carbocycles. The van der Waals surface area contributed by atoms with Crippen molar-refractivity contribution in [3.8, 4) is 0 Å². The molecule has 3 aromatic carbocycles. The zero-order valence-electron chi connectivity index (χ0n) is 16.7. The van der Waals surface area contributed by atoms with Crippen LogP contribution in [0.25, 0.3) is 0 Å². The van der Waals surface area contributed by atoms with Crippen molar-refractivity contribution in [3.05, 3.63) is 106 Å². The third-order valence-corrected chi connectivity index (χ3v) is 6.15. The number of likely N-dealkylation sites (N-methyl/N-ethyl adjacent to an activating group) is 1. The average molecular weight is 421 g/mol. The predicted molar refractivity (Wildman–Crippen MR) is 125 cm³/mol. The number of anilines is 1. The molecule has 0 amide bonds. The lowest BCUT2D eigenvalue weighted by Gasteiger charge is -2.24. The number of hydrogen-bond donors (Lipinski definition) is 0. The maximum Gasteiger partial charge on any atom is 0.0726 e. The number of fused-ring (bicyclic) bond motifs is 1. The maximum atomic E-state index is 6.33. The summed E-state index contributed by atoms with van der Waals surface area (Å²) >= 11 is 12.6. The summed E-state index contributed by atoms with van der Waals surface area (Å²) < 4.78 is 0. The standard InChI is InChI=1S/C25H22Cl2N2/c1-25(2)19-14-20(26)21(27)15-23(19)29(3)24(25)16-22(17-10-6-4-7-11-17)28-18-12-8-5-9-13-18/h4-16H,1-3H3/b24-16?,28-22-. The summed E-state index contributed by atoms with van der Waals surface area (Å²) in [6, 6.07) is 24.2. The van der Waals surface area contributed by atoms with Gasteiger partial charge in [0.25, 0.3) is 0 Å². The van der Waals surface area contributed by atoms with Gasteiger partial charge in [0.15, 0.2) is 0 Å². The van der Waals surface area contributed by atoms with Gasteiger partial charge in [-0.1, -0.05) is 85.6 Å². The molecule has 0 N–H and O–H groups in total. The highest BCUT2D eigenvalue weighted by molar-refractivity contribution is 6.42. The van der Waals surface area contributed by atoms with Gasteiger partial charge < -0.3 is 4.90 Å². The molecule has 0 saturated heterocycles. The van der Waals surface area contributed by atoms with E-state index in [1.165, 1.54) is 0 Å². The zero-order chi connectivity index (χ0) is 20.6. The van der Waals surface area contributed by atoms with Gasteiger partial charge in [-0.2, -0.15) is 0 Å². The van der Waals surface area contributed by atoms with Crippen molar-refractivity contribution in [1.29, 1.82) is 0 Å². The smallest absolute Gasteiger partial charge is 0.0726 e. The van der Waals surface area contributed by atoms with E-state index in [1.54, 1.807) is 0 Å². The van der Waals surface area contributed by atoms with Gasteiger partial charge in [0.2, 0.25) is 0 Å². The molecule has 0 spiro atoms. The van der Waals surface area contributed by atoms with Crippen LogP contribution < -0.4 is 4.90 Å². The number of halogens is 2. The Hall–Kier alpha value is -2.55. The summed E-state index contributed by atoms with van der Waals surface area (Å²) in [5.41, 5.74) is 6.05. The van der Waals surface area contributed by atoms with E-state index in [0.29, 0.717) is 10.0 Å². The maximum absolute atomic E-state index is 6.33. The predicted octanol–water partition coefficient (Wildman–Crippen LogP) is 7.43. The van der Waals surface area contributed by atoms with Crippen molar-refractivity contribution >= 4 is 40.3 Å². The molecule has 29 heavy (non-hydrogen) atoms. The molecule has 0 aromatic heterocycles. The Balaban J connectivity index is 1.88. The van der Waals surface area contributed by atoms with E-state index < -0.39 is 0 Å². The van der Waals surface area contributed by atoms with Crippen molar-refractivity contribution in [2.75, 3.05) is 11.9 Å². The first-order chi connectivity index (χ1) is 13.9. The summed E-state index contributed by atoms with van der Waals surface area (Å²) in [6.07, 6.45) is 2.17. The second-order valence-electron chi connectivity index (χ2n) is 7.70. The number of aliphatic imine (C=N–C) groups is 1. The molecule has 2 nitrogen and oxygen atoms in total. The number of hydrogen-bond acceptors (Lipinski definition) is 2. The molecule has 4 heteroatoms. The van der Waals surface area contributed by atoms with E-state index in [4.69, 9.17) is 28.2 Å². The Labute approximate surface area is 182 Å². The van der Waals surface area contributed by atoms with Gasteiger partial charge in [-0.25, -0.2) is 4.99 Å². The van der Waals surface area contributed by atoms with Crippen molar-refractivity contribution in [3.63, 3.8) is 0 Å². The van der Waals surface area contributed by atoms with Gasteiger partial charge in [0.05, 0.1) is 21.4 Å². The van der Waals surface area contributed by atoms with Crippen LogP contribution in [0.2, 0.25) is 10.0 Å². The van der Waals surface area contributed by atoms with E-state index >= 15 is 0 Å². The Morgan fingerprint density at radius 1 is 0.897 bits per heavy atom. The lowest BCUT2D eigenvalue weighted by Crippen LogP contribution is -2.24. The summed E-state index contributed by atoms with van der Waals surface area (Å²) in [4.78, 5) is 7.13. The Morgan fingerprint density at radius 3 is 2.14 bits per heavy atom. The van der Waals surface area contributed by atoms with Gasteiger partial charge in [0.1, 0.15) is 0 Å². The molecule has 0 atom stereocenters. The van der Waals surface area contributed by atoms with E-state index in [1.807, 2.05) is 60.7 Å². The van der Waals surface area contributed by atoms with Crippen LogP contribution in [-0.2, 0) is 5.41 Å². The van der Waals surface area contributed by atoms with Gasteiger partial charge in [-0.3, -0.25) is 0 Å². The molecule has 1 aliphatic heterocycles. The Bertz CT molecular complexity index is 1100. The Kier molecular flexibility index (Phi) is 5.24. The second-order valence-corrected chi connectivity index (χ2v) is 8.51. The second kappa shape index (κ2) is 7.70. The quantitative estimate of drug-likeness (QED) is 0.402. The van der Waals surface area contributed by atoms with E-state index in [0.717, 1.165) is 33.9 Å². The average Bonchev–Trinajstić information content (AvgIpc) is 2.89. The lowest BCUT2D eigenvalue weighted by molar-refractivity contribution is 0.641. The fraction of sp³-hybridized carbons (Fsp3) is 0.160. The molecule has 0 radical (unpaired) electrons. The molecule has 0 fully saturated rings. The third-order valence-electron chi connectivity index (χ3n) is 5.42. The molecule has 1 aliphatic rings. The third kappa shape index (κ3) is 3.71. The summed E-state index contributed by atoms with van der Waals surface area (Å²) in [5.74, 6) is 0. The molecule has 0 bridgehead atoms. The topological polar surface area (TPSA) is 15.6 Å². The molecule has 1 heterocycles. The van der Waals surface area contributed by atoms with Crippen LogP contribution in [0.1, 0.15) is 25.0 Å². The van der Waals surface area contributed by atoms with E-state index in [9.17, 15) is 0 Å². The first kappa shape index (κ1) is 19.8. The largest absolute Gasteiger partial charge is 0.347 e. The monoisotopic (exact) mass is 420 g/mol. The first-order valence-electron chi connectivity index (χ1n) is 9.52. The van der Waals surface area contributed by atoms with Crippen molar-refractivity contribution < 1.29 is 0 Å². The van der Waals surface area contributed by atoms with Crippen molar-refractivity contribution in [2.45, 2.75) is 19.3 Å². The van der Waals surface area contributed by atoms with Crippen LogP contribution >= 0.6 is 23.2 Å².